The lowest BCUT2D eigenvalue weighted by Crippen LogP contribution is -2.51. The van der Waals surface area contributed by atoms with Crippen LogP contribution in [0.4, 0.5) is 20.4 Å². The summed E-state index contributed by atoms with van der Waals surface area (Å²) in [5.41, 5.74) is 4.84. The Kier molecular flexibility index (Phi) is 16.6. The third-order valence-corrected chi connectivity index (χ3v) is 19.3. The lowest BCUT2D eigenvalue weighted by Gasteiger charge is -2.35. The molecule has 17 nitrogen and oxygen atoms in total. The highest BCUT2D eigenvalue weighted by molar-refractivity contribution is 7.13. The molecule has 5 aliphatic heterocycles. The van der Waals surface area contributed by atoms with E-state index in [1.165, 1.54) is 35.6 Å². The molecular formula is C64H73F2N11O6S. The molecule has 0 aliphatic carbocycles. The van der Waals surface area contributed by atoms with Gasteiger partial charge in [-0.2, -0.15) is 9.97 Å². The molecule has 12 rings (SSSR count). The summed E-state index contributed by atoms with van der Waals surface area (Å²) >= 11 is 1.59. The van der Waals surface area contributed by atoms with Crippen LogP contribution in [0.25, 0.3) is 43.4 Å². The van der Waals surface area contributed by atoms with Gasteiger partial charge in [-0.05, 0) is 118 Å². The Labute approximate surface area is 492 Å². The number of pyridine rings is 1. The second kappa shape index (κ2) is 24.3. The lowest BCUT2D eigenvalue weighted by atomic mass is 9.85. The van der Waals surface area contributed by atoms with Crippen molar-refractivity contribution >= 4 is 56.5 Å². The van der Waals surface area contributed by atoms with Gasteiger partial charge in [0.1, 0.15) is 47.2 Å². The van der Waals surface area contributed by atoms with Gasteiger partial charge in [-0.3, -0.25) is 19.5 Å². The number of likely N-dealkylation sites (tertiary alicyclic amines) is 2. The Morgan fingerprint density at radius 2 is 1.64 bits per heavy atom. The number of piperidine rings is 2. The molecule has 0 radical (unpaired) electrons. The van der Waals surface area contributed by atoms with E-state index in [1.807, 2.05) is 63.5 Å². The van der Waals surface area contributed by atoms with Gasteiger partial charge in [0.15, 0.2) is 17.4 Å². The van der Waals surface area contributed by atoms with E-state index in [-0.39, 0.29) is 88.3 Å². The average molecular weight is 1160 g/mol. The van der Waals surface area contributed by atoms with Gasteiger partial charge in [-0.1, -0.05) is 68.1 Å². The van der Waals surface area contributed by atoms with Gasteiger partial charge in [0.2, 0.25) is 11.8 Å². The molecule has 5 aliphatic rings. The van der Waals surface area contributed by atoms with Gasteiger partial charge in [0.05, 0.1) is 39.2 Å². The van der Waals surface area contributed by atoms with Crippen molar-refractivity contribution in [2.75, 3.05) is 68.8 Å². The van der Waals surface area contributed by atoms with Gasteiger partial charge < -0.3 is 44.8 Å². The van der Waals surface area contributed by atoms with E-state index in [9.17, 15) is 19.8 Å². The van der Waals surface area contributed by atoms with Crippen molar-refractivity contribution in [2.24, 2.45) is 17.8 Å². The first-order valence-electron chi connectivity index (χ1n) is 29.8. The first-order valence-corrected chi connectivity index (χ1v) is 30.7. The fraction of sp³-hybridized carbons (Fsp3) is 0.484. The van der Waals surface area contributed by atoms with Crippen molar-refractivity contribution in [3.8, 4) is 45.8 Å². The van der Waals surface area contributed by atoms with Crippen LogP contribution in [0.2, 0.25) is 0 Å². The summed E-state index contributed by atoms with van der Waals surface area (Å²) < 4.78 is 44.4. The highest BCUT2D eigenvalue weighted by atomic mass is 32.1. The van der Waals surface area contributed by atoms with Crippen LogP contribution < -0.4 is 25.2 Å². The number of aromatic hydroxyl groups is 1. The number of amides is 2. The van der Waals surface area contributed by atoms with Gasteiger partial charge in [0, 0.05) is 81.0 Å². The summed E-state index contributed by atoms with van der Waals surface area (Å²) in [6.45, 7) is 13.9. The van der Waals surface area contributed by atoms with E-state index in [1.54, 1.807) is 17.5 Å². The molecular weight excluding hydrogens is 1090 g/mol. The number of aliphatic hydroxyl groups excluding tert-OH is 1. The van der Waals surface area contributed by atoms with Gasteiger partial charge in [-0.25, -0.2) is 13.8 Å². The number of thiazole rings is 1. The summed E-state index contributed by atoms with van der Waals surface area (Å²) in [4.78, 5) is 56.2. The number of rotatable bonds is 17. The summed E-state index contributed by atoms with van der Waals surface area (Å²) in [6, 6.07) is 15.0. The molecule has 6 atom stereocenters. The van der Waals surface area contributed by atoms with E-state index in [2.05, 4.69) is 51.4 Å². The van der Waals surface area contributed by atoms with Crippen LogP contribution in [0.5, 0.6) is 11.8 Å². The molecule has 2 amide bonds. The van der Waals surface area contributed by atoms with E-state index >= 15 is 8.78 Å². The topological polar surface area (TPSA) is 198 Å². The van der Waals surface area contributed by atoms with Crippen LogP contribution in [-0.4, -0.2) is 140 Å². The quantitative estimate of drug-likeness (QED) is 0.0629. The average Bonchev–Trinajstić information content (AvgIpc) is 1.48. The molecule has 5 fully saturated rings. The lowest BCUT2D eigenvalue weighted by molar-refractivity contribution is -0.141. The zero-order chi connectivity index (χ0) is 58.3. The third-order valence-electron chi connectivity index (χ3n) is 18.3. The van der Waals surface area contributed by atoms with Gasteiger partial charge in [-0.15, -0.1) is 17.8 Å². The van der Waals surface area contributed by atoms with Crippen LogP contribution in [0.1, 0.15) is 113 Å². The number of aryl methyl sites for hydroxylation is 1. The molecule has 0 spiro atoms. The highest BCUT2D eigenvalue weighted by Crippen LogP contribution is 2.41. The van der Waals surface area contributed by atoms with Crippen molar-refractivity contribution in [3.05, 3.63) is 101 Å². The Balaban J connectivity index is 0.623. The normalized spacial score (nSPS) is 21.4. The number of carbonyl (C=O) groups is 2. The number of halogens is 2. The van der Waals surface area contributed by atoms with E-state index in [0.29, 0.717) is 66.2 Å². The number of hydrogen-bond acceptors (Lipinski definition) is 16. The second-order valence-corrected chi connectivity index (χ2v) is 25.0. The number of piperazine rings is 1. The fourth-order valence-corrected chi connectivity index (χ4v) is 14.4. The van der Waals surface area contributed by atoms with Crippen molar-refractivity contribution in [1.29, 1.82) is 0 Å². The monoisotopic (exact) mass is 1160 g/mol. The Morgan fingerprint density at radius 1 is 0.917 bits per heavy atom. The zero-order valence-electron chi connectivity index (χ0n) is 48.1. The number of hydrogen-bond donors (Lipinski definition) is 4. The molecule has 3 aromatic carbocycles. The number of anilines is 2. The van der Waals surface area contributed by atoms with Crippen LogP contribution in [0.3, 0.4) is 0 Å². The summed E-state index contributed by atoms with van der Waals surface area (Å²) in [6.07, 6.45) is 15.4. The van der Waals surface area contributed by atoms with Gasteiger partial charge >= 0.3 is 6.01 Å². The summed E-state index contributed by atoms with van der Waals surface area (Å²) in [5, 5.41) is 33.9. The SMILES string of the molecule is C#Cc1c(F)ccc2cc(O)cc(-c3ncc4c(N5CC6CCC(C5)N6)nc(OCCN5CCC(CCC6CCN(c7cc([C@@H](C(=O)N8C[C@H](O)C[C@H]8C(=O)N[C@@H](C)c8ccc(-c9scnc9C)cc8)C(C)C)on7)CC6)CC5)nc4c3F)c12. The summed E-state index contributed by atoms with van der Waals surface area (Å²) in [7, 11) is 0. The largest absolute Gasteiger partial charge is 0.508 e. The smallest absolute Gasteiger partial charge is 0.319 e. The minimum Gasteiger partial charge on any atom is -0.508 e. The van der Waals surface area contributed by atoms with Crippen LogP contribution in [0, 0.1) is 48.7 Å². The number of nitrogens with one attached hydrogen (secondary N) is 2. The van der Waals surface area contributed by atoms with E-state index < -0.39 is 29.7 Å². The Bertz CT molecular complexity index is 3580. The van der Waals surface area contributed by atoms with Crippen molar-refractivity contribution in [3.63, 3.8) is 0 Å². The first kappa shape index (κ1) is 57.1. The molecule has 4 N–H and O–H groups in total. The van der Waals surface area contributed by atoms with E-state index in [4.69, 9.17) is 20.7 Å². The van der Waals surface area contributed by atoms with Crippen molar-refractivity contribution in [2.45, 2.75) is 122 Å². The summed E-state index contributed by atoms with van der Waals surface area (Å²) in [5.74, 6) is 2.49. The molecule has 5 saturated heterocycles. The van der Waals surface area contributed by atoms with Crippen LogP contribution >= 0.6 is 11.3 Å². The molecule has 440 valence electrons. The Hall–Kier alpha value is -7.31. The predicted octanol–water partition coefficient (Wildman–Crippen LogP) is 9.54. The minimum absolute atomic E-state index is 0.0224. The number of aromatic nitrogens is 5. The number of nitrogens with zero attached hydrogens (tertiary/aromatic N) is 9. The van der Waals surface area contributed by atoms with Crippen molar-refractivity contribution in [1.82, 2.24) is 45.5 Å². The number of fused-ring (bicyclic) bond motifs is 4. The molecule has 9 heterocycles. The first-order chi connectivity index (χ1) is 40.7. The number of benzene rings is 3. The highest BCUT2D eigenvalue weighted by Gasteiger charge is 2.44. The fourth-order valence-electron chi connectivity index (χ4n) is 13.6. The minimum atomic E-state index is -0.820. The molecule has 2 unspecified atom stereocenters. The molecule has 7 aromatic rings. The molecule has 84 heavy (non-hydrogen) atoms. The molecule has 2 bridgehead atoms. The standard InChI is InChI=1S/C64H73F2N11O6S/c1-6-48-51(65)16-13-43-27-46(78)28-49(56(43)48)58-57(66)59-50(31-67-58)61(76-32-44-14-15-45(33-76)70-44)72-64(71-59)82-26-25-74-21-17-39(18-22-74)7-8-40-19-23-75(24-20-40)54-30-53(83-73-54)55(36(2)3)63(81)77-34-47(79)29-52(77)62(80)69-37(4)41-9-11-42(12-10-41)60-38(5)68-35-84-60/h1,9-13,16,27-28,30-31,35-37,39-40,44-45,47,52,55,70,78-79H,7-8,14-15,17-26,29,32-34H2,2-5H3,(H,69,80)/t37-,44?,45?,47+,52-,55-/m0/s1. The maximum atomic E-state index is 17.1. The number of phenols is 1. The number of carbonyl (C=O) groups excluding carboxylic acids is 2. The molecule has 4 aromatic heterocycles. The maximum absolute atomic E-state index is 17.1. The number of terminal acetylenes is 1. The van der Waals surface area contributed by atoms with Crippen LogP contribution in [0.15, 0.2) is 70.8 Å². The molecule has 0 saturated carbocycles. The number of phenolic OH excluding ortho intramolecular Hbond substituents is 1. The second-order valence-electron chi connectivity index (χ2n) is 24.2. The predicted molar refractivity (Wildman–Crippen MR) is 320 cm³/mol. The maximum Gasteiger partial charge on any atom is 0.319 e. The van der Waals surface area contributed by atoms with Gasteiger partial charge in [0.25, 0.3) is 0 Å². The van der Waals surface area contributed by atoms with E-state index in [0.717, 1.165) is 92.8 Å². The molecule has 20 heteroatoms. The zero-order valence-corrected chi connectivity index (χ0v) is 48.9. The van der Waals surface area contributed by atoms with Crippen molar-refractivity contribution < 1.29 is 37.8 Å². The number of aliphatic hydroxyl groups is 1. The van der Waals surface area contributed by atoms with Crippen LogP contribution in [-0.2, 0) is 9.59 Å². The number of β-amino-alcohol motifs (C(OH)–C–C–N with tert-alkyl or cyclic N) is 1. The third kappa shape index (κ3) is 11.8. The Morgan fingerprint density at radius 3 is 2.33 bits per heavy atom. The number of ether oxygens (including phenoxy) is 1.